The molecule has 0 radical (unpaired) electrons. The smallest absolute Gasteiger partial charge is 0.243 e. The van der Waals surface area contributed by atoms with E-state index in [4.69, 9.17) is 4.74 Å². The molecule has 1 aliphatic carbocycles. The number of hydrogen-bond acceptors (Lipinski definition) is 5. The van der Waals surface area contributed by atoms with E-state index in [1.165, 1.54) is 10.4 Å². The summed E-state index contributed by atoms with van der Waals surface area (Å²) in [5, 5.41) is 2.82. The largest absolute Gasteiger partial charge is 0.378 e. The maximum Gasteiger partial charge on any atom is 0.243 e. The standard InChI is InChI=1S/C25H30FN3O4S/c1-2-3-17-4-7-19(8-5-17)34(31,32)29-15-20-21(16-29)24(20)25(30)27-18-6-9-23(22(26)14-18)28-10-12-33-13-11-28/h4-9,14,20-21,24H,2-3,10-13,15-16H2,1H3,(H,27,30). The van der Waals surface area contributed by atoms with E-state index in [1.807, 2.05) is 17.0 Å². The van der Waals surface area contributed by atoms with Gasteiger partial charge in [-0.2, -0.15) is 4.31 Å². The fourth-order valence-electron chi connectivity index (χ4n) is 5.21. The Hall–Kier alpha value is -2.49. The molecule has 0 aromatic heterocycles. The van der Waals surface area contributed by atoms with Crippen LogP contribution in [0.1, 0.15) is 18.9 Å². The van der Waals surface area contributed by atoms with Crippen molar-refractivity contribution < 1.29 is 22.3 Å². The van der Waals surface area contributed by atoms with Crippen LogP contribution in [0.25, 0.3) is 0 Å². The Labute approximate surface area is 199 Å². The van der Waals surface area contributed by atoms with E-state index in [0.717, 1.165) is 18.4 Å². The number of benzene rings is 2. The maximum absolute atomic E-state index is 14.6. The van der Waals surface area contributed by atoms with Gasteiger partial charge in [0.1, 0.15) is 5.82 Å². The molecule has 3 aliphatic rings. The van der Waals surface area contributed by atoms with E-state index in [2.05, 4.69) is 12.2 Å². The average molecular weight is 488 g/mol. The second-order valence-corrected chi connectivity index (χ2v) is 11.3. The molecule has 1 amide bonds. The second-order valence-electron chi connectivity index (χ2n) is 9.32. The van der Waals surface area contributed by atoms with Crippen molar-refractivity contribution in [1.82, 2.24) is 4.31 Å². The molecule has 9 heteroatoms. The first-order valence-electron chi connectivity index (χ1n) is 11.9. The molecule has 2 aromatic rings. The number of aryl methyl sites for hydroxylation is 1. The molecular formula is C25H30FN3O4S. The van der Waals surface area contributed by atoms with Crippen LogP contribution in [0.5, 0.6) is 0 Å². The molecule has 34 heavy (non-hydrogen) atoms. The predicted molar refractivity (Wildman–Crippen MR) is 128 cm³/mol. The van der Waals surface area contributed by atoms with Gasteiger partial charge in [-0.3, -0.25) is 4.79 Å². The van der Waals surface area contributed by atoms with Gasteiger partial charge in [-0.25, -0.2) is 12.8 Å². The minimum Gasteiger partial charge on any atom is -0.378 e. The number of anilines is 2. The number of halogens is 1. The van der Waals surface area contributed by atoms with E-state index in [1.54, 1.807) is 24.3 Å². The number of fused-ring (bicyclic) bond motifs is 1. The van der Waals surface area contributed by atoms with Crippen molar-refractivity contribution in [3.05, 3.63) is 53.8 Å². The maximum atomic E-state index is 14.6. The molecule has 0 bridgehead atoms. The van der Waals surface area contributed by atoms with Crippen LogP contribution < -0.4 is 10.2 Å². The fraction of sp³-hybridized carbons (Fsp3) is 0.480. The molecule has 3 fully saturated rings. The van der Waals surface area contributed by atoms with Gasteiger partial charge in [-0.05, 0) is 54.2 Å². The van der Waals surface area contributed by atoms with Gasteiger partial charge in [-0.15, -0.1) is 0 Å². The third kappa shape index (κ3) is 4.44. The first kappa shape index (κ1) is 23.3. The first-order chi connectivity index (χ1) is 16.4. The number of piperidine rings is 1. The van der Waals surface area contributed by atoms with Crippen LogP contribution in [0.15, 0.2) is 47.4 Å². The summed E-state index contributed by atoms with van der Waals surface area (Å²) in [4.78, 5) is 15.0. The number of sulfonamides is 1. The Morgan fingerprint density at radius 3 is 2.38 bits per heavy atom. The molecule has 0 spiro atoms. The molecule has 2 unspecified atom stereocenters. The van der Waals surface area contributed by atoms with Gasteiger partial charge >= 0.3 is 0 Å². The Balaban J connectivity index is 1.18. The number of carbonyl (C=O) groups is 1. The lowest BCUT2D eigenvalue weighted by Crippen LogP contribution is -2.36. The summed E-state index contributed by atoms with van der Waals surface area (Å²) < 4.78 is 47.5. The van der Waals surface area contributed by atoms with Gasteiger partial charge in [0.25, 0.3) is 0 Å². The van der Waals surface area contributed by atoms with Crippen molar-refractivity contribution in [2.75, 3.05) is 49.6 Å². The SMILES string of the molecule is CCCc1ccc(S(=O)(=O)N2CC3C(C2)C3C(=O)Nc2ccc(N3CCOCC3)c(F)c2)cc1. The summed E-state index contributed by atoms with van der Waals surface area (Å²) in [6, 6.07) is 11.8. The van der Waals surface area contributed by atoms with Crippen LogP contribution in [-0.4, -0.2) is 58.0 Å². The Morgan fingerprint density at radius 2 is 1.76 bits per heavy atom. The van der Waals surface area contributed by atoms with Crippen molar-refractivity contribution in [2.24, 2.45) is 17.8 Å². The zero-order valence-corrected chi connectivity index (χ0v) is 20.1. The molecule has 2 saturated heterocycles. The van der Waals surface area contributed by atoms with Crippen molar-refractivity contribution in [3.63, 3.8) is 0 Å². The highest BCUT2D eigenvalue weighted by Gasteiger charge is 2.61. The van der Waals surface area contributed by atoms with E-state index in [9.17, 15) is 17.6 Å². The van der Waals surface area contributed by atoms with Crippen LogP contribution in [0, 0.1) is 23.6 Å². The summed E-state index contributed by atoms with van der Waals surface area (Å²) in [7, 11) is -3.56. The van der Waals surface area contributed by atoms with Crippen LogP contribution in [0.2, 0.25) is 0 Å². The van der Waals surface area contributed by atoms with Crippen LogP contribution >= 0.6 is 0 Å². The summed E-state index contributed by atoms with van der Waals surface area (Å²) >= 11 is 0. The molecule has 182 valence electrons. The van der Waals surface area contributed by atoms with Gasteiger partial charge in [0.05, 0.1) is 23.8 Å². The summed E-state index contributed by atoms with van der Waals surface area (Å²) in [5.74, 6) is -0.772. The first-order valence-corrected chi connectivity index (χ1v) is 13.3. The van der Waals surface area contributed by atoms with Crippen LogP contribution in [0.4, 0.5) is 15.8 Å². The molecule has 7 nitrogen and oxygen atoms in total. The monoisotopic (exact) mass is 487 g/mol. The number of carbonyl (C=O) groups excluding carboxylic acids is 1. The number of rotatable bonds is 7. The Morgan fingerprint density at radius 1 is 1.09 bits per heavy atom. The predicted octanol–water partition coefficient (Wildman–Crippen LogP) is 3.12. The second kappa shape index (κ2) is 9.28. The molecular weight excluding hydrogens is 457 g/mol. The molecule has 2 aromatic carbocycles. The number of nitrogens with one attached hydrogen (secondary N) is 1. The highest BCUT2D eigenvalue weighted by molar-refractivity contribution is 7.89. The van der Waals surface area contributed by atoms with Crippen molar-refractivity contribution in [2.45, 2.75) is 24.7 Å². The highest BCUT2D eigenvalue weighted by atomic mass is 32.2. The Kier molecular flexibility index (Phi) is 6.35. The van der Waals surface area contributed by atoms with Crippen LogP contribution in [-0.2, 0) is 26.0 Å². The normalized spacial score (nSPS) is 24.6. The molecule has 5 rings (SSSR count). The zero-order chi connectivity index (χ0) is 23.9. The number of nitrogens with zero attached hydrogens (tertiary/aromatic N) is 2. The lowest BCUT2D eigenvalue weighted by molar-refractivity contribution is -0.118. The van der Waals surface area contributed by atoms with Crippen LogP contribution in [0.3, 0.4) is 0 Å². The number of morpholine rings is 1. The minimum absolute atomic E-state index is 0.00612. The third-order valence-electron chi connectivity index (χ3n) is 7.13. The quantitative estimate of drug-likeness (QED) is 0.649. The lowest BCUT2D eigenvalue weighted by Gasteiger charge is -2.29. The lowest BCUT2D eigenvalue weighted by atomic mass is 10.1. The number of amides is 1. The molecule has 1 N–H and O–H groups in total. The zero-order valence-electron chi connectivity index (χ0n) is 19.2. The molecule has 2 atom stereocenters. The summed E-state index contributed by atoms with van der Waals surface area (Å²) in [6.07, 6.45) is 1.93. The summed E-state index contributed by atoms with van der Waals surface area (Å²) in [5.41, 5.74) is 2.05. The van der Waals surface area contributed by atoms with Gasteiger partial charge < -0.3 is 15.0 Å². The fourth-order valence-corrected chi connectivity index (χ4v) is 6.72. The molecule has 1 saturated carbocycles. The number of hydrogen-bond donors (Lipinski definition) is 1. The number of ether oxygens (including phenoxy) is 1. The van der Waals surface area contributed by atoms with Crippen molar-refractivity contribution >= 4 is 27.3 Å². The van der Waals surface area contributed by atoms with Gasteiger partial charge in [0, 0.05) is 37.8 Å². The van der Waals surface area contributed by atoms with Crippen molar-refractivity contribution in [1.29, 1.82) is 0 Å². The van der Waals surface area contributed by atoms with E-state index in [-0.39, 0.29) is 29.5 Å². The van der Waals surface area contributed by atoms with Gasteiger partial charge in [0.2, 0.25) is 15.9 Å². The molecule has 2 aliphatic heterocycles. The van der Waals surface area contributed by atoms with Crippen molar-refractivity contribution in [3.8, 4) is 0 Å². The van der Waals surface area contributed by atoms with Gasteiger partial charge in [-0.1, -0.05) is 25.5 Å². The van der Waals surface area contributed by atoms with Gasteiger partial charge in [0.15, 0.2) is 0 Å². The average Bonchev–Trinajstić information content (AvgIpc) is 3.33. The van der Waals surface area contributed by atoms with E-state index in [0.29, 0.717) is 55.7 Å². The summed E-state index contributed by atoms with van der Waals surface area (Å²) in [6.45, 7) is 5.17. The highest BCUT2D eigenvalue weighted by Crippen LogP contribution is 2.53. The molecule has 2 heterocycles. The Bertz CT molecular complexity index is 1150. The van der Waals surface area contributed by atoms with E-state index >= 15 is 0 Å². The topological polar surface area (TPSA) is 79.0 Å². The minimum atomic E-state index is -3.56. The third-order valence-corrected chi connectivity index (χ3v) is 8.98. The van der Waals surface area contributed by atoms with E-state index < -0.39 is 10.0 Å².